The van der Waals surface area contributed by atoms with E-state index < -0.39 is 0 Å². The van der Waals surface area contributed by atoms with Gasteiger partial charge in [0.2, 0.25) is 0 Å². The second kappa shape index (κ2) is 5.84. The molecule has 1 unspecified atom stereocenters. The van der Waals surface area contributed by atoms with Gasteiger partial charge in [-0.15, -0.1) is 0 Å². The predicted octanol–water partition coefficient (Wildman–Crippen LogP) is 0.0679. The Bertz CT molecular complexity index is 405. The lowest BCUT2D eigenvalue weighted by Crippen LogP contribution is -2.56. The van der Waals surface area contributed by atoms with E-state index in [1.807, 2.05) is 4.90 Å². The molecule has 2 rings (SSSR count). The molecule has 1 amide bonds. The molecule has 1 heterocycles. The van der Waals surface area contributed by atoms with Gasteiger partial charge in [0, 0.05) is 31.7 Å². The topological polar surface area (TPSA) is 67.6 Å². The molecule has 18 heavy (non-hydrogen) atoms. The zero-order chi connectivity index (χ0) is 13.0. The molecule has 5 heteroatoms. The fourth-order valence-corrected chi connectivity index (χ4v) is 2.14. The van der Waals surface area contributed by atoms with Crippen LogP contribution < -0.4 is 15.8 Å². The fraction of sp³-hybridized carbons (Fsp3) is 0.462. The van der Waals surface area contributed by atoms with E-state index in [0.717, 1.165) is 18.8 Å². The summed E-state index contributed by atoms with van der Waals surface area (Å²) >= 11 is 0. The fourth-order valence-electron chi connectivity index (χ4n) is 2.14. The van der Waals surface area contributed by atoms with E-state index in [1.54, 1.807) is 31.4 Å². The maximum absolute atomic E-state index is 12.4. The van der Waals surface area contributed by atoms with Crippen LogP contribution >= 0.6 is 0 Å². The van der Waals surface area contributed by atoms with Crippen molar-refractivity contribution in [3.8, 4) is 5.75 Å². The van der Waals surface area contributed by atoms with Crippen molar-refractivity contribution in [1.82, 2.24) is 10.2 Å². The van der Waals surface area contributed by atoms with Gasteiger partial charge >= 0.3 is 0 Å². The summed E-state index contributed by atoms with van der Waals surface area (Å²) in [4.78, 5) is 14.2. The summed E-state index contributed by atoms with van der Waals surface area (Å²) in [6.45, 7) is 2.76. The van der Waals surface area contributed by atoms with Crippen molar-refractivity contribution < 1.29 is 9.53 Å². The minimum Gasteiger partial charge on any atom is -0.497 e. The molecule has 1 saturated heterocycles. The van der Waals surface area contributed by atoms with Crippen molar-refractivity contribution in [1.29, 1.82) is 0 Å². The smallest absolute Gasteiger partial charge is 0.254 e. The third kappa shape index (κ3) is 2.63. The summed E-state index contributed by atoms with van der Waals surface area (Å²) in [6.07, 6.45) is 0. The first-order chi connectivity index (χ1) is 8.76. The molecule has 1 atom stereocenters. The highest BCUT2D eigenvalue weighted by Gasteiger charge is 2.26. The summed E-state index contributed by atoms with van der Waals surface area (Å²) in [6, 6.07) is 7.25. The summed E-state index contributed by atoms with van der Waals surface area (Å²) in [5.74, 6) is 0.789. The van der Waals surface area contributed by atoms with E-state index in [9.17, 15) is 4.79 Å². The van der Waals surface area contributed by atoms with Crippen LogP contribution in [0.5, 0.6) is 5.75 Å². The number of carbonyl (C=O) groups excluding carboxylic acids is 1. The van der Waals surface area contributed by atoms with Gasteiger partial charge in [0.1, 0.15) is 5.75 Å². The molecule has 1 fully saturated rings. The normalized spacial score (nSPS) is 19.7. The Morgan fingerprint density at radius 2 is 2.22 bits per heavy atom. The molecular weight excluding hydrogens is 230 g/mol. The van der Waals surface area contributed by atoms with Gasteiger partial charge < -0.3 is 20.7 Å². The average molecular weight is 249 g/mol. The lowest BCUT2D eigenvalue weighted by atomic mass is 10.1. The van der Waals surface area contributed by atoms with Gasteiger partial charge in [0.15, 0.2) is 0 Å². The Balaban J connectivity index is 2.13. The highest BCUT2D eigenvalue weighted by atomic mass is 16.5. The van der Waals surface area contributed by atoms with Gasteiger partial charge in [-0.25, -0.2) is 0 Å². The van der Waals surface area contributed by atoms with Crippen LogP contribution in [-0.2, 0) is 0 Å². The number of carbonyl (C=O) groups is 1. The molecule has 0 bridgehead atoms. The molecule has 0 spiro atoms. The number of amides is 1. The zero-order valence-corrected chi connectivity index (χ0v) is 10.6. The third-order valence-corrected chi connectivity index (χ3v) is 3.22. The highest BCUT2D eigenvalue weighted by molar-refractivity contribution is 5.94. The largest absolute Gasteiger partial charge is 0.497 e. The standard InChI is InChI=1S/C13H19N3O2/c1-18-12-4-2-10(3-5-12)13(17)16-7-6-15-9-11(16)8-14/h2-5,11,15H,6-9,14H2,1H3. The van der Waals surface area contributed by atoms with E-state index in [-0.39, 0.29) is 11.9 Å². The number of hydrogen-bond acceptors (Lipinski definition) is 4. The molecule has 3 N–H and O–H groups in total. The van der Waals surface area contributed by atoms with E-state index >= 15 is 0 Å². The molecule has 98 valence electrons. The average Bonchev–Trinajstić information content (AvgIpc) is 2.46. The lowest BCUT2D eigenvalue weighted by Gasteiger charge is -2.35. The van der Waals surface area contributed by atoms with Crippen LogP contribution in [0.2, 0.25) is 0 Å². The second-order valence-electron chi connectivity index (χ2n) is 4.32. The van der Waals surface area contributed by atoms with Crippen molar-refractivity contribution in [2.75, 3.05) is 33.3 Å². The van der Waals surface area contributed by atoms with Crippen LogP contribution in [-0.4, -0.2) is 50.1 Å². The van der Waals surface area contributed by atoms with Gasteiger partial charge in [-0.1, -0.05) is 0 Å². The van der Waals surface area contributed by atoms with E-state index in [4.69, 9.17) is 10.5 Å². The summed E-state index contributed by atoms with van der Waals surface area (Å²) in [5.41, 5.74) is 6.38. The van der Waals surface area contributed by atoms with Gasteiger partial charge in [-0.05, 0) is 24.3 Å². The SMILES string of the molecule is COc1ccc(C(=O)N2CCNCC2CN)cc1. The lowest BCUT2D eigenvalue weighted by molar-refractivity contribution is 0.0645. The van der Waals surface area contributed by atoms with Crippen molar-refractivity contribution in [3.05, 3.63) is 29.8 Å². The van der Waals surface area contributed by atoms with Crippen molar-refractivity contribution in [2.24, 2.45) is 5.73 Å². The first-order valence-electron chi connectivity index (χ1n) is 6.12. The molecule has 1 aromatic rings. The predicted molar refractivity (Wildman–Crippen MR) is 69.7 cm³/mol. The zero-order valence-electron chi connectivity index (χ0n) is 10.6. The molecule has 0 radical (unpaired) electrons. The minimum absolute atomic E-state index is 0.0367. The van der Waals surface area contributed by atoms with Crippen LogP contribution in [0.4, 0.5) is 0 Å². The van der Waals surface area contributed by atoms with Gasteiger partial charge in [0.25, 0.3) is 5.91 Å². The number of nitrogens with two attached hydrogens (primary N) is 1. The monoisotopic (exact) mass is 249 g/mol. The third-order valence-electron chi connectivity index (χ3n) is 3.22. The number of benzene rings is 1. The van der Waals surface area contributed by atoms with Crippen LogP contribution in [0.1, 0.15) is 10.4 Å². The van der Waals surface area contributed by atoms with Crippen LogP contribution in [0, 0.1) is 0 Å². The summed E-state index contributed by atoms with van der Waals surface area (Å²) < 4.78 is 5.08. The van der Waals surface area contributed by atoms with Crippen molar-refractivity contribution in [3.63, 3.8) is 0 Å². The Labute approximate surface area is 107 Å². The maximum Gasteiger partial charge on any atom is 0.254 e. The Morgan fingerprint density at radius 3 is 2.83 bits per heavy atom. The Morgan fingerprint density at radius 1 is 1.50 bits per heavy atom. The number of piperazine rings is 1. The minimum atomic E-state index is 0.0367. The molecule has 0 saturated carbocycles. The quantitative estimate of drug-likeness (QED) is 0.795. The molecule has 1 aliphatic rings. The second-order valence-corrected chi connectivity index (χ2v) is 4.32. The van der Waals surface area contributed by atoms with Crippen LogP contribution in [0.25, 0.3) is 0 Å². The van der Waals surface area contributed by atoms with E-state index in [2.05, 4.69) is 5.32 Å². The first kappa shape index (κ1) is 12.9. The molecule has 0 aliphatic carbocycles. The molecular formula is C13H19N3O2. The van der Waals surface area contributed by atoms with Crippen molar-refractivity contribution in [2.45, 2.75) is 6.04 Å². The van der Waals surface area contributed by atoms with Gasteiger partial charge in [-0.2, -0.15) is 0 Å². The Hall–Kier alpha value is -1.59. The number of nitrogens with zero attached hydrogens (tertiary/aromatic N) is 1. The number of methoxy groups -OCH3 is 1. The van der Waals surface area contributed by atoms with Crippen LogP contribution in [0.3, 0.4) is 0 Å². The molecule has 5 nitrogen and oxygen atoms in total. The number of rotatable bonds is 3. The number of ether oxygens (including phenoxy) is 1. The molecule has 1 aliphatic heterocycles. The van der Waals surface area contributed by atoms with Crippen molar-refractivity contribution >= 4 is 5.91 Å². The first-order valence-corrected chi connectivity index (χ1v) is 6.12. The highest BCUT2D eigenvalue weighted by Crippen LogP contribution is 2.15. The summed E-state index contributed by atoms with van der Waals surface area (Å²) in [7, 11) is 1.61. The number of hydrogen-bond donors (Lipinski definition) is 2. The Kier molecular flexibility index (Phi) is 4.17. The maximum atomic E-state index is 12.4. The summed E-state index contributed by atoms with van der Waals surface area (Å²) in [5, 5.41) is 3.25. The molecule has 1 aromatic carbocycles. The van der Waals surface area contributed by atoms with E-state index in [1.165, 1.54) is 0 Å². The molecule has 0 aromatic heterocycles. The van der Waals surface area contributed by atoms with Crippen LogP contribution in [0.15, 0.2) is 24.3 Å². The van der Waals surface area contributed by atoms with E-state index in [0.29, 0.717) is 18.7 Å². The van der Waals surface area contributed by atoms with Gasteiger partial charge in [-0.3, -0.25) is 4.79 Å². The number of nitrogens with one attached hydrogen (secondary N) is 1. The van der Waals surface area contributed by atoms with Gasteiger partial charge in [0.05, 0.1) is 13.2 Å².